The average molecular weight is 278 g/mol. The van der Waals surface area contributed by atoms with Crippen LogP contribution in [-0.4, -0.2) is 15.6 Å². The lowest BCUT2D eigenvalue weighted by atomic mass is 10.0. The van der Waals surface area contributed by atoms with Crippen LogP contribution in [0.5, 0.6) is 0 Å². The molecule has 0 fully saturated rings. The largest absolute Gasteiger partial charge is 0.373 e. The molecule has 0 amide bonds. The molecule has 2 aromatic rings. The molecule has 0 saturated carbocycles. The van der Waals surface area contributed by atoms with Crippen LogP contribution >= 0.6 is 0 Å². The first-order valence-electron chi connectivity index (χ1n) is 5.84. The van der Waals surface area contributed by atoms with Crippen molar-refractivity contribution in [3.63, 3.8) is 0 Å². The van der Waals surface area contributed by atoms with Crippen molar-refractivity contribution in [1.82, 2.24) is 0 Å². The zero-order chi connectivity index (χ0) is 14.0. The molecular weight excluding hydrogens is 263 g/mol. The highest BCUT2D eigenvalue weighted by Crippen LogP contribution is 2.28. The number of aliphatic hydroxyl groups is 1. The summed E-state index contributed by atoms with van der Waals surface area (Å²) in [5.41, 5.74) is 1.78. The monoisotopic (exact) mass is 278 g/mol. The van der Waals surface area contributed by atoms with E-state index in [0.717, 1.165) is 5.56 Å². The molecule has 0 radical (unpaired) electrons. The molecule has 0 bridgehead atoms. The van der Waals surface area contributed by atoms with Gasteiger partial charge in [0.15, 0.2) is 4.93 Å². The van der Waals surface area contributed by atoms with Crippen LogP contribution in [0.4, 0.5) is 4.39 Å². The van der Waals surface area contributed by atoms with Gasteiger partial charge >= 0.3 is 0 Å². The molecule has 0 aliphatic rings. The number of benzene rings is 2. The van der Waals surface area contributed by atoms with E-state index >= 15 is 0 Å². The summed E-state index contributed by atoms with van der Waals surface area (Å²) >= 11 is 0. The van der Waals surface area contributed by atoms with E-state index in [1.54, 1.807) is 42.5 Å². The van der Waals surface area contributed by atoms with Crippen LogP contribution in [0.3, 0.4) is 0 Å². The first kappa shape index (κ1) is 13.9. The molecule has 0 spiro atoms. The summed E-state index contributed by atoms with van der Waals surface area (Å²) in [4.78, 5) is -1.40. The fourth-order valence-electron chi connectivity index (χ4n) is 1.82. The van der Waals surface area contributed by atoms with E-state index in [4.69, 9.17) is 0 Å². The predicted molar refractivity (Wildman–Crippen MR) is 75.5 cm³/mol. The maximum absolute atomic E-state index is 13.6. The first-order valence-corrected chi connectivity index (χ1v) is 7.40. The lowest BCUT2D eigenvalue weighted by molar-refractivity contribution is 0.153. The van der Waals surface area contributed by atoms with E-state index in [1.165, 1.54) is 19.2 Å². The van der Waals surface area contributed by atoms with E-state index in [1.807, 2.05) is 0 Å². The Hall–Kier alpha value is -1.52. The van der Waals surface area contributed by atoms with Gasteiger partial charge in [-0.15, -0.1) is 0 Å². The highest BCUT2D eigenvalue weighted by atomic mass is 32.2. The second-order valence-electron chi connectivity index (χ2n) is 4.49. The lowest BCUT2D eigenvalue weighted by Gasteiger charge is -2.21. The topological polar surface area (TPSA) is 37.3 Å². The minimum absolute atomic E-state index is 0.291. The van der Waals surface area contributed by atoms with Gasteiger partial charge in [0.1, 0.15) is 5.82 Å². The molecule has 4 heteroatoms. The van der Waals surface area contributed by atoms with Gasteiger partial charge in [0.05, 0.1) is 10.8 Å². The van der Waals surface area contributed by atoms with E-state index in [0.29, 0.717) is 11.1 Å². The van der Waals surface area contributed by atoms with Crippen LogP contribution in [0.1, 0.15) is 12.5 Å². The molecule has 1 N–H and O–H groups in total. The predicted octanol–water partition coefficient (Wildman–Crippen LogP) is 3.04. The fraction of sp³-hybridized carbons (Fsp3) is 0.200. The standard InChI is InChI=1S/C15H15FO2S/c1-15(17,19(2)18)12-9-7-11(8-10-12)13-5-3-4-6-14(13)16/h3-10,17H,1-2H3. The third kappa shape index (κ3) is 2.74. The third-order valence-corrected chi connectivity index (χ3v) is 4.52. The lowest BCUT2D eigenvalue weighted by Crippen LogP contribution is -2.26. The zero-order valence-electron chi connectivity index (χ0n) is 10.8. The molecule has 2 rings (SSSR count). The average Bonchev–Trinajstić information content (AvgIpc) is 2.39. The Morgan fingerprint density at radius 2 is 1.68 bits per heavy atom. The summed E-state index contributed by atoms with van der Waals surface area (Å²) in [5.74, 6) is -0.291. The third-order valence-electron chi connectivity index (χ3n) is 3.17. The van der Waals surface area contributed by atoms with Crippen LogP contribution in [0.25, 0.3) is 11.1 Å². The van der Waals surface area contributed by atoms with Crippen LogP contribution in [-0.2, 0) is 15.7 Å². The van der Waals surface area contributed by atoms with E-state index in [2.05, 4.69) is 0 Å². The molecule has 2 atom stereocenters. The summed E-state index contributed by atoms with van der Waals surface area (Å²) in [7, 11) is -1.40. The van der Waals surface area contributed by atoms with Crippen LogP contribution in [0, 0.1) is 5.82 Å². The van der Waals surface area contributed by atoms with Crippen molar-refractivity contribution in [1.29, 1.82) is 0 Å². The smallest absolute Gasteiger partial charge is 0.161 e. The molecule has 0 aliphatic heterocycles. The molecule has 100 valence electrons. The van der Waals surface area contributed by atoms with Crippen molar-refractivity contribution >= 4 is 10.8 Å². The van der Waals surface area contributed by atoms with Gasteiger partial charge in [-0.1, -0.05) is 42.5 Å². The Morgan fingerprint density at radius 1 is 1.11 bits per heavy atom. The van der Waals surface area contributed by atoms with Gasteiger partial charge in [-0.2, -0.15) is 0 Å². The normalized spacial score (nSPS) is 15.8. The number of halogens is 1. The molecule has 0 aliphatic carbocycles. The van der Waals surface area contributed by atoms with Crippen molar-refractivity contribution in [3.8, 4) is 11.1 Å². The number of hydrogen-bond donors (Lipinski definition) is 1. The summed E-state index contributed by atoms with van der Waals surface area (Å²) in [6.07, 6.45) is 1.45. The quantitative estimate of drug-likeness (QED) is 0.937. The molecular formula is C15H15FO2S. The van der Waals surface area contributed by atoms with Gasteiger partial charge in [0.2, 0.25) is 0 Å². The maximum atomic E-state index is 13.6. The van der Waals surface area contributed by atoms with Gasteiger partial charge in [0, 0.05) is 11.8 Å². The SMILES string of the molecule is CS(=O)C(C)(O)c1ccc(-c2ccccc2F)cc1. The van der Waals surface area contributed by atoms with E-state index in [9.17, 15) is 13.7 Å². The molecule has 0 heterocycles. The highest BCUT2D eigenvalue weighted by molar-refractivity contribution is 7.85. The molecule has 19 heavy (non-hydrogen) atoms. The molecule has 2 aromatic carbocycles. The Balaban J connectivity index is 2.40. The van der Waals surface area contributed by atoms with Crippen LogP contribution in [0.15, 0.2) is 48.5 Å². The summed E-state index contributed by atoms with van der Waals surface area (Å²) in [6.45, 7) is 1.50. The van der Waals surface area contributed by atoms with Crippen LogP contribution in [0.2, 0.25) is 0 Å². The molecule has 2 unspecified atom stereocenters. The van der Waals surface area contributed by atoms with Crippen molar-refractivity contribution in [2.24, 2.45) is 0 Å². The van der Waals surface area contributed by atoms with Gasteiger partial charge in [0.25, 0.3) is 0 Å². The number of hydrogen-bond acceptors (Lipinski definition) is 2. The highest BCUT2D eigenvalue weighted by Gasteiger charge is 2.27. The molecule has 0 aromatic heterocycles. The second-order valence-corrected chi connectivity index (χ2v) is 6.20. The van der Waals surface area contributed by atoms with E-state index < -0.39 is 15.7 Å². The van der Waals surface area contributed by atoms with Gasteiger partial charge < -0.3 is 5.11 Å². The Labute approximate surface area is 114 Å². The van der Waals surface area contributed by atoms with Crippen molar-refractivity contribution in [2.45, 2.75) is 11.9 Å². The van der Waals surface area contributed by atoms with Crippen molar-refractivity contribution in [3.05, 3.63) is 59.9 Å². The minimum Gasteiger partial charge on any atom is -0.373 e. The Bertz CT molecular complexity index is 606. The maximum Gasteiger partial charge on any atom is 0.161 e. The summed E-state index contributed by atoms with van der Waals surface area (Å²) < 4.78 is 25.1. The zero-order valence-corrected chi connectivity index (χ0v) is 11.6. The summed E-state index contributed by atoms with van der Waals surface area (Å²) in [5, 5.41) is 10.1. The Morgan fingerprint density at radius 3 is 2.21 bits per heavy atom. The molecule has 2 nitrogen and oxygen atoms in total. The van der Waals surface area contributed by atoms with Gasteiger partial charge in [-0.05, 0) is 24.1 Å². The van der Waals surface area contributed by atoms with Crippen molar-refractivity contribution in [2.75, 3.05) is 6.26 Å². The second kappa shape index (κ2) is 5.23. The van der Waals surface area contributed by atoms with Gasteiger partial charge in [-0.25, -0.2) is 4.39 Å². The first-order chi connectivity index (χ1) is 8.93. The van der Waals surface area contributed by atoms with Gasteiger partial charge in [-0.3, -0.25) is 4.21 Å². The van der Waals surface area contributed by atoms with E-state index in [-0.39, 0.29) is 5.82 Å². The molecule has 0 saturated heterocycles. The van der Waals surface area contributed by atoms with Crippen molar-refractivity contribution < 1.29 is 13.7 Å². The summed E-state index contributed by atoms with van der Waals surface area (Å²) in [6, 6.07) is 13.3. The van der Waals surface area contributed by atoms with Crippen LogP contribution < -0.4 is 0 Å². The number of rotatable bonds is 3. The fourth-order valence-corrected chi connectivity index (χ4v) is 2.29. The Kier molecular flexibility index (Phi) is 3.83. The minimum atomic E-state index is -1.40.